The summed E-state index contributed by atoms with van der Waals surface area (Å²) in [6.45, 7) is 0.656. The largest absolute Gasteiger partial charge is 0.497 e. The van der Waals surface area contributed by atoms with Gasteiger partial charge in [-0.15, -0.1) is 0 Å². The maximum atomic E-state index is 13.5. The second-order valence-corrected chi connectivity index (χ2v) is 9.14. The third-order valence-electron chi connectivity index (χ3n) is 5.59. The van der Waals surface area contributed by atoms with Gasteiger partial charge in [0.05, 0.1) is 48.7 Å². The molecule has 0 radical (unpaired) electrons. The van der Waals surface area contributed by atoms with Crippen molar-refractivity contribution in [2.24, 2.45) is 10.7 Å². The average Bonchev–Trinajstić information content (AvgIpc) is 2.94. The fourth-order valence-electron chi connectivity index (χ4n) is 3.64. The Labute approximate surface area is 233 Å². The molecule has 13 heteroatoms. The van der Waals surface area contributed by atoms with Crippen molar-refractivity contribution in [1.82, 2.24) is 19.1 Å². The van der Waals surface area contributed by atoms with Crippen molar-refractivity contribution in [2.75, 3.05) is 30.8 Å². The molecule has 11 nitrogen and oxygen atoms in total. The van der Waals surface area contributed by atoms with E-state index < -0.39 is 11.4 Å². The van der Waals surface area contributed by atoms with Gasteiger partial charge in [0, 0.05) is 12.7 Å². The van der Waals surface area contributed by atoms with Crippen LogP contribution < -0.4 is 32.5 Å². The topological polar surface area (TPSA) is 141 Å². The summed E-state index contributed by atoms with van der Waals surface area (Å²) >= 11 is 12.1. The number of ether oxygens (including phenoxy) is 1. The highest BCUT2D eigenvalue weighted by Crippen LogP contribution is 2.22. The van der Waals surface area contributed by atoms with Crippen LogP contribution in [0.3, 0.4) is 0 Å². The molecule has 0 unspecified atom stereocenters. The number of aromatic nitrogens is 4. The standard InChI is InChI=1S/C26H26Cl2N8O3/c1-39-20-7-4-17(5-8-20)15-35-24(32-12-11-31-23(29)33-19-3-2-10-30-14-19)34-25(37)36(26(35)38)16-18-6-9-21(27)22(28)13-18/h2-10,13-14H,11-12,15-16H2,1H3,(H3,29,31,33)(H,32,34,37). The highest BCUT2D eigenvalue weighted by Gasteiger charge is 2.15. The number of nitrogens with two attached hydrogens (primary N) is 1. The van der Waals surface area contributed by atoms with Crippen molar-refractivity contribution in [2.45, 2.75) is 13.1 Å². The Bertz CT molecular complexity index is 1570. The van der Waals surface area contributed by atoms with Gasteiger partial charge in [0.1, 0.15) is 5.75 Å². The van der Waals surface area contributed by atoms with Crippen LogP contribution in [-0.4, -0.2) is 45.3 Å². The summed E-state index contributed by atoms with van der Waals surface area (Å²) in [5, 5.41) is 6.67. The molecule has 4 N–H and O–H groups in total. The number of hydrogen-bond acceptors (Lipinski definition) is 7. The molecule has 0 saturated carbocycles. The fourth-order valence-corrected chi connectivity index (χ4v) is 3.97. The van der Waals surface area contributed by atoms with E-state index in [0.29, 0.717) is 27.0 Å². The summed E-state index contributed by atoms with van der Waals surface area (Å²) in [5.74, 6) is 0.994. The van der Waals surface area contributed by atoms with Crippen molar-refractivity contribution < 1.29 is 4.74 Å². The number of nitrogens with one attached hydrogen (secondary N) is 2. The molecular formula is C26H26Cl2N8O3. The first kappa shape index (κ1) is 27.7. The minimum absolute atomic E-state index is 0.0225. The number of aliphatic imine (C=N–C) groups is 1. The lowest BCUT2D eigenvalue weighted by Gasteiger charge is -2.16. The first-order valence-electron chi connectivity index (χ1n) is 11.8. The molecule has 4 rings (SSSR count). The summed E-state index contributed by atoms with van der Waals surface area (Å²) in [6.07, 6.45) is 3.27. The van der Waals surface area contributed by atoms with Gasteiger partial charge in [-0.3, -0.25) is 14.5 Å². The zero-order valence-electron chi connectivity index (χ0n) is 21.0. The van der Waals surface area contributed by atoms with Crippen LogP contribution in [0.5, 0.6) is 5.75 Å². The van der Waals surface area contributed by atoms with Crippen LogP contribution in [0.25, 0.3) is 0 Å². The number of guanidine groups is 1. The molecule has 0 aliphatic carbocycles. The number of hydrogen-bond donors (Lipinski definition) is 3. The molecular weight excluding hydrogens is 543 g/mol. The third kappa shape index (κ3) is 7.37. The van der Waals surface area contributed by atoms with Crippen molar-refractivity contribution >= 4 is 40.8 Å². The van der Waals surface area contributed by atoms with E-state index >= 15 is 0 Å². The van der Waals surface area contributed by atoms with Gasteiger partial charge < -0.3 is 21.1 Å². The highest BCUT2D eigenvalue weighted by molar-refractivity contribution is 6.42. The SMILES string of the molecule is COc1ccc(Cn2c(NCCN=C(N)Nc3cccnc3)nc(=O)n(Cc3ccc(Cl)c(Cl)c3)c2=O)cc1. The Morgan fingerprint density at radius 3 is 2.46 bits per heavy atom. The smallest absolute Gasteiger partial charge is 0.355 e. The van der Waals surface area contributed by atoms with Crippen LogP contribution in [0.4, 0.5) is 11.6 Å². The second-order valence-electron chi connectivity index (χ2n) is 8.33. The molecule has 0 spiro atoms. The predicted octanol–water partition coefficient (Wildman–Crippen LogP) is 3.05. The molecule has 2 aromatic carbocycles. The molecule has 0 atom stereocenters. The summed E-state index contributed by atoms with van der Waals surface area (Å²) < 4.78 is 7.65. The van der Waals surface area contributed by atoms with E-state index in [1.165, 1.54) is 4.57 Å². The molecule has 4 aromatic rings. The molecule has 0 bridgehead atoms. The first-order valence-corrected chi connectivity index (χ1v) is 12.6. The lowest BCUT2D eigenvalue weighted by Crippen LogP contribution is -2.43. The molecule has 202 valence electrons. The lowest BCUT2D eigenvalue weighted by atomic mass is 10.2. The van der Waals surface area contributed by atoms with Crippen LogP contribution in [-0.2, 0) is 13.1 Å². The van der Waals surface area contributed by atoms with Crippen molar-refractivity contribution in [3.8, 4) is 5.75 Å². The number of methoxy groups -OCH3 is 1. The van der Waals surface area contributed by atoms with Crippen molar-refractivity contribution in [3.05, 3.63) is 109 Å². The Balaban J connectivity index is 1.58. The normalized spacial score (nSPS) is 11.3. The average molecular weight is 569 g/mol. The van der Waals surface area contributed by atoms with Crippen molar-refractivity contribution in [3.63, 3.8) is 0 Å². The summed E-state index contributed by atoms with van der Waals surface area (Å²) in [4.78, 5) is 38.9. The van der Waals surface area contributed by atoms with Gasteiger partial charge in [-0.1, -0.05) is 41.4 Å². The Hall–Kier alpha value is -4.35. The van der Waals surface area contributed by atoms with Crippen LogP contribution in [0.2, 0.25) is 10.0 Å². The number of rotatable bonds is 10. The first-order chi connectivity index (χ1) is 18.8. The highest BCUT2D eigenvalue weighted by atomic mass is 35.5. The number of anilines is 2. The maximum absolute atomic E-state index is 13.5. The van der Waals surface area contributed by atoms with E-state index in [-0.39, 0.29) is 38.1 Å². The Kier molecular flexibility index (Phi) is 9.18. The van der Waals surface area contributed by atoms with E-state index in [9.17, 15) is 9.59 Å². The van der Waals surface area contributed by atoms with E-state index in [1.807, 2.05) is 18.2 Å². The third-order valence-corrected chi connectivity index (χ3v) is 6.32. The van der Waals surface area contributed by atoms with E-state index in [2.05, 4.69) is 25.6 Å². The molecule has 0 fully saturated rings. The van der Waals surface area contributed by atoms with Gasteiger partial charge in [0.2, 0.25) is 5.95 Å². The van der Waals surface area contributed by atoms with Crippen molar-refractivity contribution in [1.29, 1.82) is 0 Å². The summed E-state index contributed by atoms with van der Waals surface area (Å²) in [5.41, 5.74) is 6.83. The molecule has 0 amide bonds. The van der Waals surface area contributed by atoms with Gasteiger partial charge in [0.15, 0.2) is 5.96 Å². The van der Waals surface area contributed by atoms with Crippen LogP contribution in [0, 0.1) is 0 Å². The molecule has 39 heavy (non-hydrogen) atoms. The molecule has 0 saturated heterocycles. The van der Waals surface area contributed by atoms with Crippen LogP contribution >= 0.6 is 23.2 Å². The minimum Gasteiger partial charge on any atom is -0.497 e. The van der Waals surface area contributed by atoms with Gasteiger partial charge in [-0.25, -0.2) is 14.2 Å². The van der Waals surface area contributed by atoms with Gasteiger partial charge in [0.25, 0.3) is 0 Å². The number of benzene rings is 2. The molecule has 0 aliphatic rings. The van der Waals surface area contributed by atoms with E-state index in [0.717, 1.165) is 10.1 Å². The van der Waals surface area contributed by atoms with E-state index in [4.69, 9.17) is 33.7 Å². The monoisotopic (exact) mass is 568 g/mol. The van der Waals surface area contributed by atoms with Gasteiger partial charge >= 0.3 is 11.4 Å². The van der Waals surface area contributed by atoms with E-state index in [1.54, 1.807) is 55.9 Å². The molecule has 2 aromatic heterocycles. The van der Waals surface area contributed by atoms with Crippen LogP contribution in [0.15, 0.2) is 81.6 Å². The number of nitrogens with zero attached hydrogens (tertiary/aromatic N) is 5. The zero-order chi connectivity index (χ0) is 27.8. The maximum Gasteiger partial charge on any atom is 0.355 e. The minimum atomic E-state index is -0.708. The quantitative estimate of drug-likeness (QED) is 0.150. The lowest BCUT2D eigenvalue weighted by molar-refractivity contribution is 0.414. The van der Waals surface area contributed by atoms with Crippen LogP contribution in [0.1, 0.15) is 11.1 Å². The Morgan fingerprint density at radius 2 is 1.77 bits per heavy atom. The molecule has 2 heterocycles. The van der Waals surface area contributed by atoms with Gasteiger partial charge in [-0.05, 0) is 47.5 Å². The molecule has 0 aliphatic heterocycles. The fraction of sp³-hybridized carbons (Fsp3) is 0.192. The second kappa shape index (κ2) is 12.9. The summed E-state index contributed by atoms with van der Waals surface area (Å²) in [6, 6.07) is 15.7. The predicted molar refractivity (Wildman–Crippen MR) is 153 cm³/mol. The zero-order valence-corrected chi connectivity index (χ0v) is 22.5. The van der Waals surface area contributed by atoms with Gasteiger partial charge in [-0.2, -0.15) is 4.98 Å². The summed E-state index contributed by atoms with van der Waals surface area (Å²) in [7, 11) is 1.58. The number of pyridine rings is 1. The number of halogens is 2. The Morgan fingerprint density at radius 1 is 1.03 bits per heavy atom.